The minimum atomic E-state index is -4.00. The van der Waals surface area contributed by atoms with Crippen LogP contribution in [0.5, 0.6) is 5.75 Å². The van der Waals surface area contributed by atoms with Crippen LogP contribution in [0.25, 0.3) is 0 Å². The molecule has 0 unspecified atom stereocenters. The third-order valence-electron chi connectivity index (χ3n) is 3.15. The summed E-state index contributed by atoms with van der Waals surface area (Å²) < 4.78 is 46.5. The van der Waals surface area contributed by atoms with Gasteiger partial charge in [-0.05, 0) is 57.5 Å². The molecule has 1 aromatic carbocycles. The van der Waals surface area contributed by atoms with E-state index >= 15 is 0 Å². The van der Waals surface area contributed by atoms with Gasteiger partial charge in [0.15, 0.2) is 0 Å². The molecule has 1 heterocycles. The lowest BCUT2D eigenvalue weighted by molar-refractivity contribution is 0.235. The van der Waals surface area contributed by atoms with Gasteiger partial charge in [-0.1, -0.05) is 0 Å². The lowest BCUT2D eigenvalue weighted by Crippen LogP contribution is -2.17. The number of ether oxygens (including phenoxy) is 1. The SMILES string of the molecule is Cc1cc(NS(=O)(=O)c2cc(F)ccc2OC(C)C)cnc1C. The lowest BCUT2D eigenvalue weighted by Gasteiger charge is -2.15. The largest absolute Gasteiger partial charge is 0.490 e. The first-order chi connectivity index (χ1) is 10.7. The minimum Gasteiger partial charge on any atom is -0.490 e. The van der Waals surface area contributed by atoms with E-state index in [2.05, 4.69) is 9.71 Å². The summed E-state index contributed by atoms with van der Waals surface area (Å²) >= 11 is 0. The van der Waals surface area contributed by atoms with Crippen molar-refractivity contribution in [3.63, 3.8) is 0 Å². The minimum absolute atomic E-state index is 0.102. The molecular weight excluding hydrogens is 319 g/mol. The van der Waals surface area contributed by atoms with Crippen molar-refractivity contribution >= 4 is 15.7 Å². The van der Waals surface area contributed by atoms with Crippen molar-refractivity contribution < 1.29 is 17.5 Å². The topological polar surface area (TPSA) is 68.3 Å². The van der Waals surface area contributed by atoms with Crippen LogP contribution in [0.4, 0.5) is 10.1 Å². The second kappa shape index (κ2) is 6.54. The van der Waals surface area contributed by atoms with Crippen LogP contribution in [0.15, 0.2) is 35.4 Å². The molecule has 0 spiro atoms. The van der Waals surface area contributed by atoms with Gasteiger partial charge in [-0.3, -0.25) is 9.71 Å². The van der Waals surface area contributed by atoms with Gasteiger partial charge in [-0.15, -0.1) is 0 Å². The zero-order chi connectivity index (χ0) is 17.2. The fraction of sp³-hybridized carbons (Fsp3) is 0.312. The second-order valence-electron chi connectivity index (χ2n) is 5.49. The first-order valence-corrected chi connectivity index (χ1v) is 8.59. The molecule has 0 fully saturated rings. The zero-order valence-electron chi connectivity index (χ0n) is 13.4. The third kappa shape index (κ3) is 4.19. The van der Waals surface area contributed by atoms with Crippen LogP contribution < -0.4 is 9.46 Å². The molecule has 0 bridgehead atoms. The normalized spacial score (nSPS) is 11.6. The van der Waals surface area contributed by atoms with Gasteiger partial charge >= 0.3 is 0 Å². The Bertz CT molecular complexity index is 820. The van der Waals surface area contributed by atoms with E-state index in [-0.39, 0.29) is 16.7 Å². The van der Waals surface area contributed by atoms with E-state index < -0.39 is 15.8 Å². The summed E-state index contributed by atoms with van der Waals surface area (Å²) in [6.45, 7) is 7.19. The number of nitrogens with zero attached hydrogens (tertiary/aromatic N) is 1. The highest BCUT2D eigenvalue weighted by Gasteiger charge is 2.22. The highest BCUT2D eigenvalue weighted by Crippen LogP contribution is 2.28. The smallest absolute Gasteiger partial charge is 0.265 e. The maximum atomic E-state index is 13.5. The highest BCUT2D eigenvalue weighted by molar-refractivity contribution is 7.92. The molecular formula is C16H19FN2O3S. The molecule has 7 heteroatoms. The van der Waals surface area contributed by atoms with Crippen LogP contribution in [0.2, 0.25) is 0 Å². The van der Waals surface area contributed by atoms with E-state index in [4.69, 9.17) is 4.74 Å². The van der Waals surface area contributed by atoms with E-state index in [1.165, 1.54) is 12.3 Å². The molecule has 23 heavy (non-hydrogen) atoms. The second-order valence-corrected chi connectivity index (χ2v) is 7.14. The maximum absolute atomic E-state index is 13.5. The van der Waals surface area contributed by atoms with Crippen LogP contribution in [0.3, 0.4) is 0 Å². The first-order valence-electron chi connectivity index (χ1n) is 7.11. The number of hydrogen-bond donors (Lipinski definition) is 1. The van der Waals surface area contributed by atoms with Gasteiger partial charge in [-0.2, -0.15) is 0 Å². The van der Waals surface area contributed by atoms with Crippen LogP contribution in [-0.2, 0) is 10.0 Å². The van der Waals surface area contributed by atoms with Gasteiger partial charge in [0.1, 0.15) is 16.5 Å². The molecule has 2 aromatic rings. The molecule has 1 aromatic heterocycles. The Morgan fingerprint density at radius 3 is 2.52 bits per heavy atom. The first kappa shape index (κ1) is 17.2. The summed E-state index contributed by atoms with van der Waals surface area (Å²) in [5.74, 6) is -0.551. The summed E-state index contributed by atoms with van der Waals surface area (Å²) in [5, 5.41) is 0. The Morgan fingerprint density at radius 1 is 1.22 bits per heavy atom. The fourth-order valence-electron chi connectivity index (χ4n) is 1.95. The van der Waals surface area contributed by atoms with Crippen molar-refractivity contribution in [1.29, 1.82) is 0 Å². The zero-order valence-corrected chi connectivity index (χ0v) is 14.2. The lowest BCUT2D eigenvalue weighted by atomic mass is 10.2. The van der Waals surface area contributed by atoms with Gasteiger partial charge in [0.25, 0.3) is 10.0 Å². The summed E-state index contributed by atoms with van der Waals surface area (Å²) in [6.07, 6.45) is 1.18. The predicted molar refractivity (Wildman–Crippen MR) is 86.7 cm³/mol. The Kier molecular flexibility index (Phi) is 4.89. The van der Waals surface area contributed by atoms with Crippen molar-refractivity contribution in [2.45, 2.75) is 38.7 Å². The third-order valence-corrected chi connectivity index (χ3v) is 4.55. The predicted octanol–water partition coefficient (Wildman–Crippen LogP) is 3.43. The number of aryl methyl sites for hydroxylation is 2. The Hall–Kier alpha value is -2.15. The molecule has 5 nitrogen and oxygen atoms in total. The molecule has 0 aliphatic heterocycles. The van der Waals surface area contributed by atoms with E-state index in [0.717, 1.165) is 23.4 Å². The number of sulfonamides is 1. The van der Waals surface area contributed by atoms with Gasteiger partial charge in [0.2, 0.25) is 0 Å². The van der Waals surface area contributed by atoms with Gasteiger partial charge < -0.3 is 4.74 Å². The molecule has 0 saturated carbocycles. The molecule has 124 valence electrons. The average molecular weight is 338 g/mol. The molecule has 0 aliphatic carbocycles. The Morgan fingerprint density at radius 2 is 1.91 bits per heavy atom. The molecule has 0 atom stereocenters. The maximum Gasteiger partial charge on any atom is 0.265 e. The number of pyridine rings is 1. The van der Waals surface area contributed by atoms with E-state index in [0.29, 0.717) is 5.69 Å². The molecule has 0 radical (unpaired) electrons. The monoisotopic (exact) mass is 338 g/mol. The van der Waals surface area contributed by atoms with Gasteiger partial charge in [0, 0.05) is 5.69 Å². The van der Waals surface area contributed by atoms with Crippen molar-refractivity contribution in [1.82, 2.24) is 4.98 Å². The number of benzene rings is 1. The van der Waals surface area contributed by atoms with Crippen molar-refractivity contribution in [2.75, 3.05) is 4.72 Å². The van der Waals surface area contributed by atoms with Gasteiger partial charge in [0.05, 0.1) is 18.0 Å². The fourth-order valence-corrected chi connectivity index (χ4v) is 3.13. The number of anilines is 1. The average Bonchev–Trinajstić information content (AvgIpc) is 2.44. The van der Waals surface area contributed by atoms with Gasteiger partial charge in [-0.25, -0.2) is 12.8 Å². The van der Waals surface area contributed by atoms with E-state index in [9.17, 15) is 12.8 Å². The molecule has 0 aliphatic rings. The van der Waals surface area contributed by atoms with Crippen LogP contribution in [-0.4, -0.2) is 19.5 Å². The standard InChI is InChI=1S/C16H19FN2O3S/c1-10(2)22-15-6-5-13(17)8-16(15)23(20,21)19-14-7-11(3)12(4)18-9-14/h5-10,19H,1-4H3. The summed E-state index contributed by atoms with van der Waals surface area (Å²) in [6, 6.07) is 5.08. The quantitative estimate of drug-likeness (QED) is 0.907. The Labute approximate surface area is 135 Å². The van der Waals surface area contributed by atoms with Crippen molar-refractivity contribution in [3.8, 4) is 5.75 Å². The number of nitrogens with one attached hydrogen (secondary N) is 1. The summed E-state index contributed by atoms with van der Waals surface area (Å²) in [5.41, 5.74) is 1.97. The number of hydrogen-bond acceptors (Lipinski definition) is 4. The molecule has 0 amide bonds. The van der Waals surface area contributed by atoms with Crippen molar-refractivity contribution in [2.24, 2.45) is 0 Å². The highest BCUT2D eigenvalue weighted by atomic mass is 32.2. The van der Waals surface area contributed by atoms with Crippen LogP contribution in [0, 0.1) is 19.7 Å². The van der Waals surface area contributed by atoms with Crippen LogP contribution in [0.1, 0.15) is 25.1 Å². The molecule has 0 saturated heterocycles. The van der Waals surface area contributed by atoms with E-state index in [1.54, 1.807) is 19.9 Å². The number of halogens is 1. The molecule has 2 rings (SSSR count). The van der Waals surface area contributed by atoms with Crippen LogP contribution >= 0.6 is 0 Å². The number of rotatable bonds is 5. The number of aromatic nitrogens is 1. The molecule has 1 N–H and O–H groups in total. The summed E-state index contributed by atoms with van der Waals surface area (Å²) in [7, 11) is -4.00. The summed E-state index contributed by atoms with van der Waals surface area (Å²) in [4.78, 5) is 3.87. The van der Waals surface area contributed by atoms with E-state index in [1.807, 2.05) is 13.8 Å². The van der Waals surface area contributed by atoms with Crippen molar-refractivity contribution in [3.05, 3.63) is 47.5 Å². The Balaban J connectivity index is 2.42.